The summed E-state index contributed by atoms with van der Waals surface area (Å²) in [6.45, 7) is 2.74. The zero-order valence-corrected chi connectivity index (χ0v) is 17.2. The lowest BCUT2D eigenvalue weighted by atomic mass is 10.3. The van der Waals surface area contributed by atoms with E-state index in [0.29, 0.717) is 6.29 Å². The van der Waals surface area contributed by atoms with Crippen molar-refractivity contribution in [2.24, 2.45) is 0 Å². The number of methoxy groups -OCH3 is 1. The minimum atomic E-state index is -2.40. The SMILES string of the molecule is CCCCOC.O=CCNP(Oc1ccccc1)Oc1c(F)c(F)c(F)c(F)c1F. The van der Waals surface area contributed by atoms with Gasteiger partial charge in [0, 0.05) is 13.7 Å². The summed E-state index contributed by atoms with van der Waals surface area (Å²) in [4.78, 5) is 10.4. The first-order valence-electron chi connectivity index (χ1n) is 8.75. The summed E-state index contributed by atoms with van der Waals surface area (Å²) < 4.78 is 81.4. The molecule has 1 unspecified atom stereocenters. The van der Waals surface area contributed by atoms with Gasteiger partial charge < -0.3 is 18.6 Å². The summed E-state index contributed by atoms with van der Waals surface area (Å²) >= 11 is 0. The Kier molecular flexibility index (Phi) is 11.9. The molecule has 0 spiro atoms. The fourth-order valence-electron chi connectivity index (χ4n) is 1.81. The maximum absolute atomic E-state index is 13.6. The Morgan fingerprint density at radius 3 is 1.97 bits per heavy atom. The second-order valence-electron chi connectivity index (χ2n) is 5.53. The number of para-hydroxylation sites is 1. The van der Waals surface area contributed by atoms with Crippen molar-refractivity contribution in [3.05, 3.63) is 59.4 Å². The van der Waals surface area contributed by atoms with E-state index in [1.165, 1.54) is 25.0 Å². The van der Waals surface area contributed by atoms with Crippen LogP contribution in [-0.2, 0) is 9.53 Å². The Morgan fingerprint density at radius 1 is 0.933 bits per heavy atom. The van der Waals surface area contributed by atoms with Crippen LogP contribution in [0.5, 0.6) is 11.5 Å². The number of rotatable bonds is 10. The van der Waals surface area contributed by atoms with Crippen LogP contribution in [0.3, 0.4) is 0 Å². The summed E-state index contributed by atoms with van der Waals surface area (Å²) in [7, 11) is -0.671. The maximum atomic E-state index is 13.6. The predicted octanol–water partition coefficient (Wildman–Crippen LogP) is 5.29. The van der Waals surface area contributed by atoms with Gasteiger partial charge in [-0.3, -0.25) is 0 Å². The van der Waals surface area contributed by atoms with Crippen molar-refractivity contribution in [3.63, 3.8) is 0 Å². The van der Waals surface area contributed by atoms with E-state index < -0.39 is 43.4 Å². The molecule has 0 aliphatic carbocycles. The molecule has 0 bridgehead atoms. The molecule has 0 aliphatic rings. The van der Waals surface area contributed by atoms with Crippen molar-refractivity contribution >= 4 is 14.8 Å². The molecule has 0 aliphatic heterocycles. The number of halogens is 5. The summed E-state index contributed by atoms with van der Waals surface area (Å²) in [5.74, 6) is -12.2. The molecular weight excluding hydrogens is 432 g/mol. The lowest BCUT2D eigenvalue weighted by Crippen LogP contribution is -2.18. The standard InChI is InChI=1S/C14H9F5NO3P.C5H12O/c15-9-10(16)12(18)14(13(19)11(9)17)23-24(20-6-7-21)22-8-4-2-1-3-5-8;1-3-4-5-6-2/h1-5,7,20H,6H2;3-5H2,1-2H3. The van der Waals surface area contributed by atoms with Gasteiger partial charge in [-0.15, -0.1) is 0 Å². The lowest BCUT2D eigenvalue weighted by molar-refractivity contribution is -0.106. The molecule has 30 heavy (non-hydrogen) atoms. The van der Waals surface area contributed by atoms with E-state index in [1.54, 1.807) is 25.3 Å². The van der Waals surface area contributed by atoms with Gasteiger partial charge in [-0.25, -0.2) is 18.3 Å². The molecule has 2 aromatic carbocycles. The summed E-state index contributed by atoms with van der Waals surface area (Å²) in [6, 6.07) is 7.78. The van der Waals surface area contributed by atoms with Crippen LogP contribution in [0.15, 0.2) is 30.3 Å². The van der Waals surface area contributed by atoms with Crippen LogP contribution in [0.25, 0.3) is 0 Å². The van der Waals surface area contributed by atoms with Crippen molar-refractivity contribution in [1.29, 1.82) is 0 Å². The topological polar surface area (TPSA) is 56.8 Å². The highest BCUT2D eigenvalue weighted by Gasteiger charge is 2.30. The van der Waals surface area contributed by atoms with Crippen molar-refractivity contribution < 1.29 is 40.5 Å². The molecule has 1 N–H and O–H groups in total. The molecule has 5 nitrogen and oxygen atoms in total. The van der Waals surface area contributed by atoms with Crippen LogP contribution in [0.2, 0.25) is 0 Å². The summed E-state index contributed by atoms with van der Waals surface area (Å²) in [5, 5.41) is 2.35. The average molecular weight is 453 g/mol. The number of unbranched alkanes of at least 4 members (excludes halogenated alkanes) is 1. The Labute approximate surface area is 172 Å². The van der Waals surface area contributed by atoms with Crippen molar-refractivity contribution in [3.8, 4) is 11.5 Å². The van der Waals surface area contributed by atoms with Crippen LogP contribution in [0.1, 0.15) is 19.8 Å². The molecule has 0 heterocycles. The smallest absolute Gasteiger partial charge is 0.382 e. The third kappa shape index (κ3) is 7.85. The zero-order valence-electron chi connectivity index (χ0n) is 16.3. The van der Waals surface area contributed by atoms with Crippen molar-refractivity contribution in [2.45, 2.75) is 19.8 Å². The third-order valence-electron chi connectivity index (χ3n) is 3.28. The van der Waals surface area contributed by atoms with E-state index in [1.807, 2.05) is 0 Å². The number of ether oxygens (including phenoxy) is 1. The molecule has 0 radical (unpaired) electrons. The molecule has 0 fully saturated rings. The number of benzene rings is 2. The van der Waals surface area contributed by atoms with E-state index in [4.69, 9.17) is 13.8 Å². The van der Waals surface area contributed by atoms with Gasteiger partial charge in [-0.05, 0) is 18.6 Å². The molecule has 1 atom stereocenters. The van der Waals surface area contributed by atoms with Gasteiger partial charge in [0.25, 0.3) is 0 Å². The number of hydrogen-bond donors (Lipinski definition) is 1. The molecule has 166 valence electrons. The number of carbonyl (C=O) groups is 1. The molecule has 2 rings (SSSR count). The highest BCUT2D eigenvalue weighted by Crippen LogP contribution is 2.40. The van der Waals surface area contributed by atoms with E-state index in [-0.39, 0.29) is 12.3 Å². The first-order valence-corrected chi connectivity index (χ1v) is 9.93. The maximum Gasteiger partial charge on any atom is 0.382 e. The summed E-state index contributed by atoms with van der Waals surface area (Å²) in [5.41, 5.74) is 0. The highest BCUT2D eigenvalue weighted by molar-refractivity contribution is 7.45. The molecule has 2 aromatic rings. The molecular formula is C19H21F5NO4P. The van der Waals surface area contributed by atoms with E-state index in [2.05, 4.69) is 12.0 Å². The molecule has 0 amide bonds. The second kappa shape index (κ2) is 13.8. The monoisotopic (exact) mass is 453 g/mol. The summed E-state index contributed by atoms with van der Waals surface area (Å²) in [6.07, 6.45) is 2.83. The van der Waals surface area contributed by atoms with Gasteiger partial charge in [-0.2, -0.15) is 8.78 Å². The van der Waals surface area contributed by atoms with Crippen LogP contribution in [-0.4, -0.2) is 26.5 Å². The molecule has 0 saturated heterocycles. The fourth-order valence-corrected chi connectivity index (χ4v) is 2.84. The average Bonchev–Trinajstić information content (AvgIpc) is 2.77. The first kappa shape index (κ1) is 25.7. The van der Waals surface area contributed by atoms with Gasteiger partial charge in [-0.1, -0.05) is 31.5 Å². The van der Waals surface area contributed by atoms with Crippen LogP contribution in [0.4, 0.5) is 22.0 Å². The quantitative estimate of drug-likeness (QED) is 0.132. The van der Waals surface area contributed by atoms with Crippen molar-refractivity contribution in [2.75, 3.05) is 20.3 Å². The fraction of sp³-hybridized carbons (Fsp3) is 0.316. The van der Waals surface area contributed by atoms with E-state index >= 15 is 0 Å². The van der Waals surface area contributed by atoms with Gasteiger partial charge in [0.2, 0.25) is 34.8 Å². The van der Waals surface area contributed by atoms with Gasteiger partial charge >= 0.3 is 8.53 Å². The Bertz CT molecular complexity index is 765. The predicted molar refractivity (Wildman–Crippen MR) is 102 cm³/mol. The highest BCUT2D eigenvalue weighted by atomic mass is 31.2. The minimum Gasteiger partial charge on any atom is -0.427 e. The number of carbonyl (C=O) groups excluding carboxylic acids is 1. The second-order valence-corrected chi connectivity index (χ2v) is 6.72. The van der Waals surface area contributed by atoms with Gasteiger partial charge in [0.15, 0.2) is 0 Å². The lowest BCUT2D eigenvalue weighted by Gasteiger charge is -2.19. The first-order chi connectivity index (χ1) is 14.4. The Balaban J connectivity index is 0.000000656. The van der Waals surface area contributed by atoms with E-state index in [0.717, 1.165) is 6.61 Å². The van der Waals surface area contributed by atoms with Gasteiger partial charge in [0.1, 0.15) is 12.0 Å². The molecule has 11 heteroatoms. The Morgan fingerprint density at radius 2 is 1.50 bits per heavy atom. The zero-order chi connectivity index (χ0) is 22.5. The largest absolute Gasteiger partial charge is 0.427 e. The minimum absolute atomic E-state index is 0.200. The third-order valence-corrected chi connectivity index (χ3v) is 4.45. The number of nitrogens with one attached hydrogen (secondary N) is 1. The molecule has 0 saturated carbocycles. The van der Waals surface area contributed by atoms with Crippen LogP contribution in [0, 0.1) is 29.1 Å². The molecule has 0 aromatic heterocycles. The number of hydrogen-bond acceptors (Lipinski definition) is 5. The van der Waals surface area contributed by atoms with Crippen LogP contribution >= 0.6 is 8.53 Å². The van der Waals surface area contributed by atoms with E-state index in [9.17, 15) is 26.7 Å². The Hall–Kier alpha value is -2.29. The number of aldehydes is 1. The van der Waals surface area contributed by atoms with Crippen molar-refractivity contribution in [1.82, 2.24) is 5.09 Å². The van der Waals surface area contributed by atoms with Gasteiger partial charge in [0.05, 0.1) is 6.54 Å². The normalized spacial score (nSPS) is 11.3. The van der Waals surface area contributed by atoms with Crippen LogP contribution < -0.4 is 14.1 Å².